The molecular formula is C11H17N3. The van der Waals surface area contributed by atoms with E-state index in [0.717, 1.165) is 29.4 Å². The van der Waals surface area contributed by atoms with Crippen LogP contribution in [0.25, 0.3) is 0 Å². The largest absolute Gasteiger partial charge is 0.383 e. The van der Waals surface area contributed by atoms with Gasteiger partial charge in [0.15, 0.2) is 0 Å². The van der Waals surface area contributed by atoms with Gasteiger partial charge in [-0.1, -0.05) is 13.8 Å². The van der Waals surface area contributed by atoms with Gasteiger partial charge in [-0.2, -0.15) is 0 Å². The van der Waals surface area contributed by atoms with Gasteiger partial charge in [-0.3, -0.25) is 0 Å². The molecule has 2 unspecified atom stereocenters. The number of nitrogens with zero attached hydrogens (tertiary/aromatic N) is 2. The van der Waals surface area contributed by atoms with Gasteiger partial charge in [-0.05, 0) is 25.7 Å². The van der Waals surface area contributed by atoms with E-state index >= 15 is 0 Å². The SMILES string of the molecule is CCc1nc(C2CC2C)nc(N)c1C. The Balaban J connectivity index is 2.38. The monoisotopic (exact) mass is 191 g/mol. The van der Waals surface area contributed by atoms with Crippen LogP contribution in [-0.4, -0.2) is 9.97 Å². The number of nitrogens with two attached hydrogens (primary N) is 1. The molecule has 3 heteroatoms. The first-order valence-electron chi connectivity index (χ1n) is 5.26. The number of nitrogen functional groups attached to an aromatic ring is 1. The Morgan fingerprint density at radius 2 is 2.07 bits per heavy atom. The van der Waals surface area contributed by atoms with Crippen LogP contribution >= 0.6 is 0 Å². The minimum atomic E-state index is 0.559. The van der Waals surface area contributed by atoms with Crippen LogP contribution in [0.1, 0.15) is 43.3 Å². The number of rotatable bonds is 2. The lowest BCUT2D eigenvalue weighted by Gasteiger charge is -2.07. The fourth-order valence-corrected chi connectivity index (χ4v) is 1.79. The van der Waals surface area contributed by atoms with Crippen molar-refractivity contribution in [1.29, 1.82) is 0 Å². The zero-order valence-corrected chi connectivity index (χ0v) is 9.04. The smallest absolute Gasteiger partial charge is 0.134 e. The van der Waals surface area contributed by atoms with Crippen molar-refractivity contribution in [3.63, 3.8) is 0 Å². The van der Waals surface area contributed by atoms with E-state index in [0.29, 0.717) is 11.7 Å². The first kappa shape index (κ1) is 9.44. The van der Waals surface area contributed by atoms with E-state index in [4.69, 9.17) is 5.73 Å². The summed E-state index contributed by atoms with van der Waals surface area (Å²) in [6.45, 7) is 6.33. The van der Waals surface area contributed by atoms with Crippen molar-refractivity contribution in [2.24, 2.45) is 5.92 Å². The fraction of sp³-hybridized carbons (Fsp3) is 0.636. The van der Waals surface area contributed by atoms with Crippen molar-refractivity contribution in [3.05, 3.63) is 17.1 Å². The number of hydrogen-bond donors (Lipinski definition) is 1. The van der Waals surface area contributed by atoms with E-state index in [1.54, 1.807) is 0 Å². The summed E-state index contributed by atoms with van der Waals surface area (Å²) in [6, 6.07) is 0. The molecule has 0 bridgehead atoms. The lowest BCUT2D eigenvalue weighted by Crippen LogP contribution is -2.06. The predicted octanol–water partition coefficient (Wildman–Crippen LogP) is 2.05. The number of hydrogen-bond acceptors (Lipinski definition) is 3. The average molecular weight is 191 g/mol. The summed E-state index contributed by atoms with van der Waals surface area (Å²) in [5.41, 5.74) is 8.01. The second kappa shape index (κ2) is 3.23. The van der Waals surface area contributed by atoms with Gasteiger partial charge in [0, 0.05) is 17.2 Å². The first-order chi connectivity index (χ1) is 6.63. The highest BCUT2D eigenvalue weighted by atomic mass is 15.0. The average Bonchev–Trinajstić information content (AvgIpc) is 2.87. The molecule has 1 saturated carbocycles. The van der Waals surface area contributed by atoms with Crippen LogP contribution in [0.5, 0.6) is 0 Å². The predicted molar refractivity (Wildman–Crippen MR) is 57.1 cm³/mol. The molecule has 0 aromatic carbocycles. The molecule has 0 spiro atoms. The van der Waals surface area contributed by atoms with Crippen molar-refractivity contribution in [3.8, 4) is 0 Å². The molecule has 1 aliphatic rings. The molecule has 76 valence electrons. The van der Waals surface area contributed by atoms with Crippen LogP contribution in [-0.2, 0) is 6.42 Å². The molecule has 14 heavy (non-hydrogen) atoms. The third-order valence-electron chi connectivity index (χ3n) is 3.08. The molecule has 0 aliphatic heterocycles. The molecule has 3 nitrogen and oxygen atoms in total. The van der Waals surface area contributed by atoms with Crippen molar-refractivity contribution in [2.75, 3.05) is 5.73 Å². The Labute approximate surface area is 84.8 Å². The van der Waals surface area contributed by atoms with Gasteiger partial charge in [0.1, 0.15) is 11.6 Å². The van der Waals surface area contributed by atoms with Gasteiger partial charge in [0.25, 0.3) is 0 Å². The number of aromatic nitrogens is 2. The van der Waals surface area contributed by atoms with Gasteiger partial charge in [-0.25, -0.2) is 9.97 Å². The van der Waals surface area contributed by atoms with Gasteiger partial charge in [-0.15, -0.1) is 0 Å². The normalized spacial score (nSPS) is 25.1. The van der Waals surface area contributed by atoms with Crippen LogP contribution in [0.4, 0.5) is 5.82 Å². The lowest BCUT2D eigenvalue weighted by atomic mass is 10.2. The molecule has 0 amide bonds. The Hall–Kier alpha value is -1.12. The van der Waals surface area contributed by atoms with Gasteiger partial charge in [0.2, 0.25) is 0 Å². The molecular weight excluding hydrogens is 174 g/mol. The minimum Gasteiger partial charge on any atom is -0.383 e. The summed E-state index contributed by atoms with van der Waals surface area (Å²) >= 11 is 0. The molecule has 2 N–H and O–H groups in total. The second-order valence-electron chi connectivity index (χ2n) is 4.21. The molecule has 1 aromatic heterocycles. The lowest BCUT2D eigenvalue weighted by molar-refractivity contribution is 0.817. The minimum absolute atomic E-state index is 0.559. The summed E-state index contributed by atoms with van der Waals surface area (Å²) in [5.74, 6) is 2.91. The van der Waals surface area contributed by atoms with E-state index in [1.165, 1.54) is 6.42 Å². The van der Waals surface area contributed by atoms with Crippen LogP contribution < -0.4 is 5.73 Å². The Bertz CT molecular complexity index is 360. The molecule has 1 aromatic rings. The Kier molecular flexibility index (Phi) is 2.17. The maximum absolute atomic E-state index is 5.86. The highest BCUT2D eigenvalue weighted by molar-refractivity contribution is 5.42. The summed E-state index contributed by atoms with van der Waals surface area (Å²) in [4.78, 5) is 8.93. The topological polar surface area (TPSA) is 51.8 Å². The molecule has 1 fully saturated rings. The highest BCUT2D eigenvalue weighted by Crippen LogP contribution is 2.45. The third-order valence-corrected chi connectivity index (χ3v) is 3.08. The molecule has 1 heterocycles. The van der Waals surface area contributed by atoms with Crippen molar-refractivity contribution >= 4 is 5.82 Å². The summed E-state index contributed by atoms with van der Waals surface area (Å²) in [6.07, 6.45) is 2.15. The van der Waals surface area contributed by atoms with Crippen molar-refractivity contribution in [2.45, 2.75) is 39.5 Å². The third kappa shape index (κ3) is 1.47. The van der Waals surface area contributed by atoms with E-state index in [1.807, 2.05) is 6.92 Å². The standard InChI is InChI=1S/C11H17N3/c1-4-9-7(3)10(12)14-11(13-9)8-5-6(8)2/h6,8H,4-5H2,1-3H3,(H2,12,13,14). The summed E-state index contributed by atoms with van der Waals surface area (Å²) < 4.78 is 0. The van der Waals surface area contributed by atoms with Crippen LogP contribution in [0.15, 0.2) is 0 Å². The Morgan fingerprint density at radius 3 is 2.57 bits per heavy atom. The quantitative estimate of drug-likeness (QED) is 0.778. The van der Waals surface area contributed by atoms with Crippen molar-refractivity contribution in [1.82, 2.24) is 9.97 Å². The van der Waals surface area contributed by atoms with E-state index < -0.39 is 0 Å². The zero-order valence-electron chi connectivity index (χ0n) is 9.04. The van der Waals surface area contributed by atoms with Crippen LogP contribution in [0.2, 0.25) is 0 Å². The molecule has 1 aliphatic carbocycles. The van der Waals surface area contributed by atoms with Gasteiger partial charge in [0.05, 0.1) is 0 Å². The molecule has 0 saturated heterocycles. The summed E-state index contributed by atoms with van der Waals surface area (Å²) in [7, 11) is 0. The van der Waals surface area contributed by atoms with E-state index in [-0.39, 0.29) is 0 Å². The van der Waals surface area contributed by atoms with E-state index in [2.05, 4.69) is 23.8 Å². The number of anilines is 1. The molecule has 0 radical (unpaired) electrons. The molecule has 2 rings (SSSR count). The van der Waals surface area contributed by atoms with Crippen molar-refractivity contribution < 1.29 is 0 Å². The maximum Gasteiger partial charge on any atom is 0.134 e. The first-order valence-corrected chi connectivity index (χ1v) is 5.26. The van der Waals surface area contributed by atoms with Crippen LogP contribution in [0.3, 0.4) is 0 Å². The van der Waals surface area contributed by atoms with E-state index in [9.17, 15) is 0 Å². The number of aryl methyl sites for hydroxylation is 1. The maximum atomic E-state index is 5.86. The highest BCUT2D eigenvalue weighted by Gasteiger charge is 2.37. The second-order valence-corrected chi connectivity index (χ2v) is 4.21. The fourth-order valence-electron chi connectivity index (χ4n) is 1.79. The Morgan fingerprint density at radius 1 is 1.43 bits per heavy atom. The zero-order chi connectivity index (χ0) is 10.3. The summed E-state index contributed by atoms with van der Waals surface area (Å²) in [5, 5.41) is 0. The van der Waals surface area contributed by atoms with Gasteiger partial charge < -0.3 is 5.73 Å². The van der Waals surface area contributed by atoms with Crippen LogP contribution in [0, 0.1) is 12.8 Å². The molecule has 2 atom stereocenters. The van der Waals surface area contributed by atoms with Gasteiger partial charge >= 0.3 is 0 Å².